The summed E-state index contributed by atoms with van der Waals surface area (Å²) >= 11 is 0. The van der Waals surface area contributed by atoms with E-state index in [9.17, 15) is 9.59 Å². The third-order valence-electron chi connectivity index (χ3n) is 6.52. The van der Waals surface area contributed by atoms with Crippen LogP contribution in [0.4, 0.5) is 0 Å². The lowest BCUT2D eigenvalue weighted by atomic mass is 9.74. The molecule has 1 aliphatic rings. The Morgan fingerprint density at radius 3 is 2.41 bits per heavy atom. The van der Waals surface area contributed by atoms with Gasteiger partial charge < -0.3 is 10.6 Å². The molecule has 166 valence electrons. The van der Waals surface area contributed by atoms with Gasteiger partial charge in [-0.3, -0.25) is 14.3 Å². The average Bonchev–Trinajstić information content (AvgIpc) is 3.23. The molecule has 6 nitrogen and oxygen atoms in total. The van der Waals surface area contributed by atoms with E-state index in [1.165, 1.54) is 0 Å². The summed E-state index contributed by atoms with van der Waals surface area (Å²) < 4.78 is 1.83. The molecular weight excluding hydrogens is 400 g/mol. The number of likely N-dealkylation sites (tertiary alicyclic amines) is 1. The van der Waals surface area contributed by atoms with Crippen LogP contribution in [0.3, 0.4) is 0 Å². The maximum absolute atomic E-state index is 12.9. The highest BCUT2D eigenvalue weighted by atomic mass is 16.2. The van der Waals surface area contributed by atoms with Gasteiger partial charge in [0.1, 0.15) is 0 Å². The number of hydrogen-bond acceptors (Lipinski definition) is 3. The van der Waals surface area contributed by atoms with Gasteiger partial charge in [0.25, 0.3) is 0 Å². The van der Waals surface area contributed by atoms with Gasteiger partial charge in [-0.25, -0.2) is 0 Å². The first-order valence-corrected chi connectivity index (χ1v) is 11.2. The van der Waals surface area contributed by atoms with Crippen LogP contribution in [-0.4, -0.2) is 39.6 Å². The highest BCUT2D eigenvalue weighted by Crippen LogP contribution is 2.34. The predicted octanol–water partition coefficient (Wildman–Crippen LogP) is 3.59. The zero-order valence-corrected chi connectivity index (χ0v) is 18.5. The van der Waals surface area contributed by atoms with Crippen LogP contribution in [0, 0.1) is 12.3 Å². The topological polar surface area (TPSA) is 81.2 Å². The monoisotopic (exact) mass is 430 g/mol. The van der Waals surface area contributed by atoms with E-state index < -0.39 is 5.41 Å². The van der Waals surface area contributed by atoms with E-state index in [2.05, 4.69) is 41.5 Å². The van der Waals surface area contributed by atoms with Crippen molar-refractivity contribution in [1.29, 1.82) is 0 Å². The molecule has 0 radical (unpaired) electrons. The van der Waals surface area contributed by atoms with Crippen LogP contribution >= 0.6 is 0 Å². The van der Waals surface area contributed by atoms with Crippen molar-refractivity contribution < 1.29 is 9.59 Å². The molecule has 1 unspecified atom stereocenters. The Morgan fingerprint density at radius 2 is 1.75 bits per heavy atom. The van der Waals surface area contributed by atoms with Crippen molar-refractivity contribution in [1.82, 2.24) is 14.7 Å². The molecule has 3 aromatic rings. The summed E-state index contributed by atoms with van der Waals surface area (Å²) in [6, 6.07) is 20.4. The molecule has 1 aromatic heterocycles. The van der Waals surface area contributed by atoms with Crippen LogP contribution in [0.2, 0.25) is 0 Å². The molecule has 1 saturated heterocycles. The maximum atomic E-state index is 12.9. The van der Waals surface area contributed by atoms with Crippen molar-refractivity contribution in [3.63, 3.8) is 0 Å². The summed E-state index contributed by atoms with van der Waals surface area (Å²) in [7, 11) is 0. The average molecular weight is 431 g/mol. The summed E-state index contributed by atoms with van der Waals surface area (Å²) in [5.74, 6) is -0.283. The fourth-order valence-electron chi connectivity index (χ4n) is 4.61. The maximum Gasteiger partial charge on any atom is 0.225 e. The third-order valence-corrected chi connectivity index (χ3v) is 6.52. The van der Waals surface area contributed by atoms with E-state index in [4.69, 9.17) is 5.73 Å². The van der Waals surface area contributed by atoms with E-state index in [0.717, 1.165) is 28.8 Å². The van der Waals surface area contributed by atoms with E-state index in [1.807, 2.05) is 40.8 Å². The summed E-state index contributed by atoms with van der Waals surface area (Å²) in [6.45, 7) is 3.55. The lowest BCUT2D eigenvalue weighted by Gasteiger charge is -2.41. The zero-order chi connectivity index (χ0) is 22.6. The molecule has 2 heterocycles. The standard InChI is InChI=1S/C26H30N4O2/c1-20-12-15-28-30(20)17-13-24(31)29-16-5-14-26(19-29,25(27)32)18-21-8-10-23(11-9-21)22-6-3-2-4-7-22/h2-4,6-12,15H,5,13-14,16-19H2,1H3,(H2,27,32). The number of piperidine rings is 1. The molecule has 32 heavy (non-hydrogen) atoms. The second-order valence-corrected chi connectivity index (χ2v) is 8.75. The Kier molecular flexibility index (Phi) is 6.40. The fourth-order valence-corrected chi connectivity index (χ4v) is 4.61. The Labute approximate surface area is 189 Å². The molecule has 2 aromatic carbocycles. The number of nitrogens with zero attached hydrogens (tertiary/aromatic N) is 3. The number of aryl methyl sites for hydroxylation is 2. The highest BCUT2D eigenvalue weighted by Gasteiger charge is 2.42. The van der Waals surface area contributed by atoms with Crippen molar-refractivity contribution in [3.8, 4) is 11.1 Å². The lowest BCUT2D eigenvalue weighted by Crippen LogP contribution is -2.53. The molecule has 0 aliphatic carbocycles. The number of amides is 2. The molecule has 0 bridgehead atoms. The van der Waals surface area contributed by atoms with Crippen LogP contribution in [0.5, 0.6) is 0 Å². The SMILES string of the molecule is Cc1ccnn1CCC(=O)N1CCCC(Cc2ccc(-c3ccccc3)cc2)(C(N)=O)C1. The van der Waals surface area contributed by atoms with Crippen LogP contribution < -0.4 is 5.73 Å². The number of nitrogens with two attached hydrogens (primary N) is 1. The van der Waals surface area contributed by atoms with Gasteiger partial charge in [-0.05, 0) is 48.9 Å². The summed E-state index contributed by atoms with van der Waals surface area (Å²) in [5, 5.41) is 4.25. The quantitative estimate of drug-likeness (QED) is 0.622. The van der Waals surface area contributed by atoms with Gasteiger partial charge in [0.2, 0.25) is 11.8 Å². The number of primary amides is 1. The lowest BCUT2D eigenvalue weighted by molar-refractivity contribution is -0.140. The number of hydrogen-bond donors (Lipinski definition) is 1. The summed E-state index contributed by atoms with van der Waals surface area (Å²) in [4.78, 5) is 27.3. The Morgan fingerprint density at radius 1 is 1.03 bits per heavy atom. The second kappa shape index (κ2) is 9.39. The number of benzene rings is 2. The molecule has 1 atom stereocenters. The first-order chi connectivity index (χ1) is 15.5. The minimum atomic E-state index is -0.732. The van der Waals surface area contributed by atoms with E-state index >= 15 is 0 Å². The van der Waals surface area contributed by atoms with Crippen molar-refractivity contribution in [2.75, 3.05) is 13.1 Å². The highest BCUT2D eigenvalue weighted by molar-refractivity contribution is 5.83. The van der Waals surface area contributed by atoms with Crippen molar-refractivity contribution in [2.24, 2.45) is 11.1 Å². The van der Waals surface area contributed by atoms with Crippen LogP contribution in [0.1, 0.15) is 30.5 Å². The molecule has 1 aliphatic heterocycles. The van der Waals surface area contributed by atoms with Crippen LogP contribution in [0.25, 0.3) is 11.1 Å². The summed E-state index contributed by atoms with van der Waals surface area (Å²) in [6.07, 6.45) is 4.12. The molecular formula is C26H30N4O2. The molecule has 2 amide bonds. The van der Waals surface area contributed by atoms with Gasteiger partial charge in [0, 0.05) is 37.9 Å². The van der Waals surface area contributed by atoms with Crippen molar-refractivity contribution in [2.45, 2.75) is 39.2 Å². The van der Waals surface area contributed by atoms with Gasteiger partial charge >= 0.3 is 0 Å². The van der Waals surface area contributed by atoms with Gasteiger partial charge in [-0.15, -0.1) is 0 Å². The second-order valence-electron chi connectivity index (χ2n) is 8.75. The third kappa shape index (κ3) is 4.74. The number of aromatic nitrogens is 2. The van der Waals surface area contributed by atoms with Crippen molar-refractivity contribution in [3.05, 3.63) is 78.1 Å². The van der Waals surface area contributed by atoms with E-state index in [1.54, 1.807) is 6.20 Å². The first kappa shape index (κ1) is 21.8. The van der Waals surface area contributed by atoms with E-state index in [0.29, 0.717) is 38.9 Å². The van der Waals surface area contributed by atoms with Gasteiger partial charge in [-0.2, -0.15) is 5.10 Å². The summed E-state index contributed by atoms with van der Waals surface area (Å²) in [5.41, 5.74) is 9.56. The predicted molar refractivity (Wildman–Crippen MR) is 125 cm³/mol. The number of carbonyl (C=O) groups excluding carboxylic acids is 2. The molecule has 0 saturated carbocycles. The van der Waals surface area contributed by atoms with Gasteiger partial charge in [-0.1, -0.05) is 54.6 Å². The fraction of sp³-hybridized carbons (Fsp3) is 0.346. The molecule has 0 spiro atoms. The van der Waals surface area contributed by atoms with Crippen LogP contribution in [-0.2, 0) is 22.6 Å². The Hall–Kier alpha value is -3.41. The van der Waals surface area contributed by atoms with Gasteiger partial charge in [0.05, 0.1) is 5.41 Å². The minimum absolute atomic E-state index is 0.0460. The van der Waals surface area contributed by atoms with Crippen LogP contribution in [0.15, 0.2) is 66.9 Å². The van der Waals surface area contributed by atoms with Gasteiger partial charge in [0.15, 0.2) is 0 Å². The number of rotatable bonds is 7. The largest absolute Gasteiger partial charge is 0.369 e. The molecule has 1 fully saturated rings. The molecule has 4 rings (SSSR count). The normalized spacial score (nSPS) is 18.5. The smallest absolute Gasteiger partial charge is 0.225 e. The first-order valence-electron chi connectivity index (χ1n) is 11.2. The Bertz CT molecular complexity index is 1070. The zero-order valence-electron chi connectivity index (χ0n) is 18.5. The molecule has 6 heteroatoms. The van der Waals surface area contributed by atoms with Crippen molar-refractivity contribution >= 4 is 11.8 Å². The number of carbonyl (C=O) groups is 2. The van der Waals surface area contributed by atoms with E-state index in [-0.39, 0.29) is 11.8 Å². The molecule has 2 N–H and O–H groups in total. The minimum Gasteiger partial charge on any atom is -0.369 e. The Balaban J connectivity index is 1.45.